The minimum atomic E-state index is -0.337. The largest absolute Gasteiger partial charge is 0.369 e. The molecule has 2 heterocycles. The lowest BCUT2D eigenvalue weighted by molar-refractivity contribution is -0.117. The SMILES string of the molecule is NC(=O)CC=Cc1cnc(N2CCCC2)nc1. The fourth-order valence-electron chi connectivity index (χ4n) is 1.81. The molecule has 0 unspecified atom stereocenters. The molecule has 0 spiro atoms. The molecular formula is C12H16N4O. The molecule has 1 aliphatic rings. The van der Waals surface area contributed by atoms with Crippen molar-refractivity contribution in [3.05, 3.63) is 24.0 Å². The van der Waals surface area contributed by atoms with Crippen LogP contribution in [0.2, 0.25) is 0 Å². The quantitative estimate of drug-likeness (QED) is 0.839. The second-order valence-corrected chi connectivity index (χ2v) is 4.08. The Bertz CT molecular complexity index is 407. The van der Waals surface area contributed by atoms with Gasteiger partial charge >= 0.3 is 0 Å². The van der Waals surface area contributed by atoms with Crippen LogP contribution in [-0.4, -0.2) is 29.0 Å². The average Bonchev–Trinajstić information content (AvgIpc) is 2.83. The summed E-state index contributed by atoms with van der Waals surface area (Å²) in [4.78, 5) is 21.3. The van der Waals surface area contributed by atoms with Crippen molar-refractivity contribution in [3.63, 3.8) is 0 Å². The van der Waals surface area contributed by atoms with Crippen LogP contribution in [0.15, 0.2) is 18.5 Å². The van der Waals surface area contributed by atoms with Gasteiger partial charge < -0.3 is 10.6 Å². The molecule has 0 aromatic carbocycles. The van der Waals surface area contributed by atoms with E-state index in [-0.39, 0.29) is 12.3 Å². The highest BCUT2D eigenvalue weighted by Crippen LogP contribution is 2.15. The van der Waals surface area contributed by atoms with Crippen molar-refractivity contribution >= 4 is 17.9 Å². The van der Waals surface area contributed by atoms with Crippen molar-refractivity contribution < 1.29 is 4.79 Å². The van der Waals surface area contributed by atoms with E-state index in [0.29, 0.717) is 0 Å². The van der Waals surface area contributed by atoms with Gasteiger partial charge in [-0.25, -0.2) is 9.97 Å². The molecule has 0 radical (unpaired) electrons. The molecule has 1 aliphatic heterocycles. The average molecular weight is 232 g/mol. The first-order valence-electron chi connectivity index (χ1n) is 5.77. The van der Waals surface area contributed by atoms with Gasteiger partial charge in [-0.15, -0.1) is 0 Å². The Labute approximate surface area is 100 Å². The molecule has 2 N–H and O–H groups in total. The van der Waals surface area contributed by atoms with Gasteiger partial charge in [0, 0.05) is 37.5 Å². The number of anilines is 1. The van der Waals surface area contributed by atoms with E-state index < -0.39 is 0 Å². The number of hydrogen-bond donors (Lipinski definition) is 1. The number of primary amides is 1. The Balaban J connectivity index is 1.97. The summed E-state index contributed by atoms with van der Waals surface area (Å²) in [6, 6.07) is 0. The summed E-state index contributed by atoms with van der Waals surface area (Å²) in [5.74, 6) is 0.449. The number of hydrogen-bond acceptors (Lipinski definition) is 4. The monoisotopic (exact) mass is 232 g/mol. The highest BCUT2D eigenvalue weighted by atomic mass is 16.1. The fraction of sp³-hybridized carbons (Fsp3) is 0.417. The molecule has 0 saturated carbocycles. The Hall–Kier alpha value is -1.91. The summed E-state index contributed by atoms with van der Waals surface area (Å²) >= 11 is 0. The van der Waals surface area contributed by atoms with Gasteiger partial charge in [0.1, 0.15) is 0 Å². The topological polar surface area (TPSA) is 72.1 Å². The van der Waals surface area contributed by atoms with Crippen molar-refractivity contribution in [1.82, 2.24) is 9.97 Å². The van der Waals surface area contributed by atoms with Crippen LogP contribution in [0.5, 0.6) is 0 Å². The van der Waals surface area contributed by atoms with Crippen LogP contribution in [0, 0.1) is 0 Å². The zero-order valence-electron chi connectivity index (χ0n) is 9.67. The highest BCUT2D eigenvalue weighted by molar-refractivity contribution is 5.76. The molecule has 1 aromatic heterocycles. The van der Waals surface area contributed by atoms with Crippen LogP contribution in [-0.2, 0) is 4.79 Å². The molecule has 0 aliphatic carbocycles. The number of rotatable bonds is 4. The third-order valence-electron chi connectivity index (χ3n) is 2.68. The molecular weight excluding hydrogens is 216 g/mol. The maximum Gasteiger partial charge on any atom is 0.225 e. The van der Waals surface area contributed by atoms with Crippen molar-refractivity contribution in [3.8, 4) is 0 Å². The van der Waals surface area contributed by atoms with Gasteiger partial charge in [-0.2, -0.15) is 0 Å². The van der Waals surface area contributed by atoms with Crippen molar-refractivity contribution in [1.29, 1.82) is 0 Å². The fourth-order valence-corrected chi connectivity index (χ4v) is 1.81. The lowest BCUT2D eigenvalue weighted by Crippen LogP contribution is -2.20. The third-order valence-corrected chi connectivity index (χ3v) is 2.68. The smallest absolute Gasteiger partial charge is 0.225 e. The van der Waals surface area contributed by atoms with Crippen LogP contribution in [0.1, 0.15) is 24.8 Å². The van der Waals surface area contributed by atoms with E-state index in [1.165, 1.54) is 12.8 Å². The van der Waals surface area contributed by atoms with E-state index in [2.05, 4.69) is 14.9 Å². The zero-order valence-corrected chi connectivity index (χ0v) is 9.67. The van der Waals surface area contributed by atoms with Gasteiger partial charge in [0.2, 0.25) is 11.9 Å². The summed E-state index contributed by atoms with van der Waals surface area (Å²) in [6.07, 6.45) is 9.71. The zero-order chi connectivity index (χ0) is 12.1. The Morgan fingerprint density at radius 2 is 2.00 bits per heavy atom. The summed E-state index contributed by atoms with van der Waals surface area (Å²) in [6.45, 7) is 2.08. The molecule has 1 aromatic rings. The molecule has 5 heteroatoms. The second kappa shape index (κ2) is 5.43. The summed E-state index contributed by atoms with van der Waals surface area (Å²) < 4.78 is 0. The van der Waals surface area contributed by atoms with Crippen molar-refractivity contribution in [2.75, 3.05) is 18.0 Å². The van der Waals surface area contributed by atoms with E-state index in [0.717, 1.165) is 24.6 Å². The lowest BCUT2D eigenvalue weighted by Gasteiger charge is -2.14. The van der Waals surface area contributed by atoms with Crippen LogP contribution in [0.25, 0.3) is 6.08 Å². The number of aromatic nitrogens is 2. The normalized spacial score (nSPS) is 15.6. The lowest BCUT2D eigenvalue weighted by atomic mass is 10.3. The van der Waals surface area contributed by atoms with E-state index >= 15 is 0 Å². The first-order chi connectivity index (χ1) is 8.25. The molecule has 2 rings (SSSR count). The predicted octanol–water partition coefficient (Wildman–Crippen LogP) is 0.965. The molecule has 1 saturated heterocycles. The van der Waals surface area contributed by atoms with Crippen LogP contribution in [0.3, 0.4) is 0 Å². The van der Waals surface area contributed by atoms with Gasteiger partial charge in [0.15, 0.2) is 0 Å². The Kier molecular flexibility index (Phi) is 3.69. The predicted molar refractivity (Wildman–Crippen MR) is 66.3 cm³/mol. The van der Waals surface area contributed by atoms with Crippen LogP contribution >= 0.6 is 0 Å². The number of nitrogens with zero attached hydrogens (tertiary/aromatic N) is 3. The Morgan fingerprint density at radius 3 is 2.59 bits per heavy atom. The molecule has 1 amide bonds. The first-order valence-corrected chi connectivity index (χ1v) is 5.77. The maximum atomic E-state index is 10.6. The number of carbonyl (C=O) groups is 1. The van der Waals surface area contributed by atoms with E-state index in [4.69, 9.17) is 5.73 Å². The Morgan fingerprint density at radius 1 is 1.35 bits per heavy atom. The molecule has 17 heavy (non-hydrogen) atoms. The summed E-state index contributed by atoms with van der Waals surface area (Å²) in [5, 5.41) is 0. The molecule has 0 bridgehead atoms. The van der Waals surface area contributed by atoms with Gasteiger partial charge in [-0.05, 0) is 12.8 Å². The number of amides is 1. The van der Waals surface area contributed by atoms with Gasteiger partial charge in [0.25, 0.3) is 0 Å². The maximum absolute atomic E-state index is 10.6. The van der Waals surface area contributed by atoms with Crippen molar-refractivity contribution in [2.45, 2.75) is 19.3 Å². The molecule has 1 fully saturated rings. The summed E-state index contributed by atoms with van der Waals surface area (Å²) in [7, 11) is 0. The molecule has 90 valence electrons. The molecule has 0 atom stereocenters. The highest BCUT2D eigenvalue weighted by Gasteiger charge is 2.13. The minimum absolute atomic E-state index is 0.244. The van der Waals surface area contributed by atoms with Gasteiger partial charge in [-0.1, -0.05) is 12.2 Å². The second-order valence-electron chi connectivity index (χ2n) is 4.08. The van der Waals surface area contributed by atoms with E-state index in [1.54, 1.807) is 24.5 Å². The molecule has 5 nitrogen and oxygen atoms in total. The summed E-state index contributed by atoms with van der Waals surface area (Å²) in [5.41, 5.74) is 5.92. The first kappa shape index (κ1) is 11.6. The van der Waals surface area contributed by atoms with Crippen molar-refractivity contribution in [2.24, 2.45) is 5.73 Å². The van der Waals surface area contributed by atoms with Gasteiger partial charge in [-0.3, -0.25) is 4.79 Å². The van der Waals surface area contributed by atoms with Crippen LogP contribution in [0.4, 0.5) is 5.95 Å². The van der Waals surface area contributed by atoms with Gasteiger partial charge in [0.05, 0.1) is 0 Å². The number of carbonyl (C=O) groups excluding carboxylic acids is 1. The third kappa shape index (κ3) is 3.27. The van der Waals surface area contributed by atoms with E-state index in [1.807, 2.05) is 0 Å². The number of nitrogens with two attached hydrogens (primary N) is 1. The standard InChI is InChI=1S/C12H16N4O/c13-11(17)5-3-4-10-8-14-12(15-9-10)16-6-1-2-7-16/h3-4,8-9H,1-2,5-7H2,(H2,13,17). The van der Waals surface area contributed by atoms with E-state index in [9.17, 15) is 4.79 Å². The van der Waals surface area contributed by atoms with Crippen LogP contribution < -0.4 is 10.6 Å². The minimum Gasteiger partial charge on any atom is -0.369 e.